The first-order chi connectivity index (χ1) is 15.7. The fraction of sp³-hybridized carbons (Fsp3) is 0.240. The van der Waals surface area contributed by atoms with Crippen LogP contribution in [0.4, 0.5) is 5.82 Å². The number of carbonyl (C=O) groups excluding carboxylic acids is 1. The van der Waals surface area contributed by atoms with Gasteiger partial charge in [0.05, 0.1) is 6.54 Å². The number of carbonyl (C=O) groups is 1. The van der Waals surface area contributed by atoms with Crippen molar-refractivity contribution in [3.63, 3.8) is 0 Å². The molecule has 32 heavy (non-hydrogen) atoms. The highest BCUT2D eigenvalue weighted by Crippen LogP contribution is 2.20. The maximum Gasteiger partial charge on any atom is 0.239 e. The van der Waals surface area contributed by atoms with E-state index in [9.17, 15) is 4.79 Å². The summed E-state index contributed by atoms with van der Waals surface area (Å²) in [5.74, 6) is 0.806. The van der Waals surface area contributed by atoms with E-state index in [2.05, 4.69) is 49.4 Å². The van der Waals surface area contributed by atoms with Crippen LogP contribution in [0.1, 0.15) is 5.56 Å². The average molecular weight is 448 g/mol. The lowest BCUT2D eigenvalue weighted by Crippen LogP contribution is -2.48. The van der Waals surface area contributed by atoms with Crippen molar-refractivity contribution in [2.75, 3.05) is 44.6 Å². The molecule has 3 aromatic rings. The van der Waals surface area contributed by atoms with E-state index in [-0.39, 0.29) is 5.91 Å². The van der Waals surface area contributed by atoms with Crippen molar-refractivity contribution >= 4 is 29.4 Å². The molecule has 1 aromatic heterocycles. The molecule has 1 fully saturated rings. The third-order valence-electron chi connectivity index (χ3n) is 5.30. The number of nitrogens with one attached hydrogen (secondary N) is 1. The zero-order chi connectivity index (χ0) is 22.2. The molecule has 1 aliphatic heterocycles. The van der Waals surface area contributed by atoms with Gasteiger partial charge < -0.3 is 5.32 Å². The normalized spacial score (nSPS) is 15.2. The molecule has 0 aliphatic carbocycles. The third kappa shape index (κ3) is 6.47. The number of rotatable bonds is 7. The fourth-order valence-corrected chi connectivity index (χ4v) is 3.80. The van der Waals surface area contributed by atoms with Gasteiger partial charge in [-0.1, -0.05) is 84.4 Å². The molecule has 1 saturated heterocycles. The summed E-state index contributed by atoms with van der Waals surface area (Å²) in [6.45, 7) is 4.82. The SMILES string of the molecule is O=C(CN1CCN(CC=Cc2ccccc2)CC1)Nc1cc(Cl)nc(-c2ccccc2)n1. The highest BCUT2D eigenvalue weighted by atomic mass is 35.5. The third-order valence-corrected chi connectivity index (χ3v) is 5.49. The van der Waals surface area contributed by atoms with Crippen LogP contribution < -0.4 is 5.32 Å². The van der Waals surface area contributed by atoms with E-state index in [1.165, 1.54) is 5.56 Å². The summed E-state index contributed by atoms with van der Waals surface area (Å²) in [6.07, 6.45) is 4.34. The van der Waals surface area contributed by atoms with Gasteiger partial charge in [-0.2, -0.15) is 0 Å². The number of hydrogen-bond acceptors (Lipinski definition) is 5. The first-order valence-electron chi connectivity index (χ1n) is 10.7. The Labute approximate surface area is 193 Å². The molecule has 0 bridgehead atoms. The second-order valence-corrected chi connectivity index (χ2v) is 8.09. The summed E-state index contributed by atoms with van der Waals surface area (Å²) in [5, 5.41) is 3.16. The van der Waals surface area contributed by atoms with E-state index in [1.807, 2.05) is 48.5 Å². The van der Waals surface area contributed by atoms with E-state index in [0.717, 1.165) is 38.3 Å². The van der Waals surface area contributed by atoms with E-state index in [4.69, 9.17) is 11.6 Å². The first kappa shape index (κ1) is 22.1. The maximum atomic E-state index is 12.6. The smallest absolute Gasteiger partial charge is 0.239 e. The Morgan fingerprint density at radius 1 is 0.938 bits per heavy atom. The Kier molecular flexibility index (Phi) is 7.61. The van der Waals surface area contributed by atoms with Crippen LogP contribution in [0.2, 0.25) is 5.15 Å². The minimum Gasteiger partial charge on any atom is -0.309 e. The molecule has 1 aliphatic rings. The predicted octanol–water partition coefficient (Wildman–Crippen LogP) is 4.07. The molecule has 164 valence electrons. The van der Waals surface area contributed by atoms with Gasteiger partial charge in [0.25, 0.3) is 0 Å². The van der Waals surface area contributed by atoms with Crippen molar-refractivity contribution in [1.82, 2.24) is 19.8 Å². The molecule has 1 amide bonds. The maximum absolute atomic E-state index is 12.6. The van der Waals surface area contributed by atoms with Gasteiger partial charge in [-0.3, -0.25) is 14.6 Å². The highest BCUT2D eigenvalue weighted by Gasteiger charge is 2.18. The van der Waals surface area contributed by atoms with Gasteiger partial charge in [0.1, 0.15) is 11.0 Å². The van der Waals surface area contributed by atoms with Crippen LogP contribution in [0.15, 0.2) is 72.8 Å². The van der Waals surface area contributed by atoms with Crippen LogP contribution in [-0.4, -0.2) is 64.9 Å². The molecule has 7 heteroatoms. The van der Waals surface area contributed by atoms with Gasteiger partial charge in [-0.15, -0.1) is 0 Å². The van der Waals surface area contributed by atoms with E-state index >= 15 is 0 Å². The lowest BCUT2D eigenvalue weighted by molar-refractivity contribution is -0.117. The minimum atomic E-state index is -0.101. The van der Waals surface area contributed by atoms with E-state index in [1.54, 1.807) is 6.07 Å². The van der Waals surface area contributed by atoms with Crippen LogP contribution in [0.25, 0.3) is 17.5 Å². The number of piperazine rings is 1. The summed E-state index contributed by atoms with van der Waals surface area (Å²) < 4.78 is 0. The Morgan fingerprint density at radius 3 is 2.31 bits per heavy atom. The number of aromatic nitrogens is 2. The van der Waals surface area contributed by atoms with Crippen LogP contribution in [0, 0.1) is 0 Å². The Bertz CT molecular complexity index is 1050. The van der Waals surface area contributed by atoms with E-state index < -0.39 is 0 Å². The van der Waals surface area contributed by atoms with Crippen molar-refractivity contribution < 1.29 is 4.79 Å². The summed E-state index contributed by atoms with van der Waals surface area (Å²) >= 11 is 6.15. The van der Waals surface area contributed by atoms with Gasteiger partial charge in [0.15, 0.2) is 5.82 Å². The lowest BCUT2D eigenvalue weighted by atomic mass is 10.2. The summed E-state index contributed by atoms with van der Waals surface area (Å²) in [5.41, 5.74) is 2.06. The largest absolute Gasteiger partial charge is 0.309 e. The quantitative estimate of drug-likeness (QED) is 0.553. The standard InChI is InChI=1S/C25H26ClN5O/c26-22-18-23(29-25(27-22)21-11-5-2-6-12-21)28-24(32)19-31-16-14-30(15-17-31)13-7-10-20-8-3-1-4-9-20/h1-12,18H,13-17,19H2,(H,27,28,29,32). The molecule has 0 atom stereocenters. The number of halogens is 1. The van der Waals surface area contributed by atoms with Gasteiger partial charge >= 0.3 is 0 Å². The van der Waals surface area contributed by atoms with Crippen LogP contribution in [0.5, 0.6) is 0 Å². The molecule has 0 radical (unpaired) electrons. The minimum absolute atomic E-state index is 0.101. The average Bonchev–Trinajstić information content (AvgIpc) is 2.81. The Hall–Kier alpha value is -3.06. The summed E-state index contributed by atoms with van der Waals surface area (Å²) in [7, 11) is 0. The molecule has 2 aromatic carbocycles. The second kappa shape index (κ2) is 11.0. The molecular weight excluding hydrogens is 422 g/mol. The molecular formula is C25H26ClN5O. The fourth-order valence-electron chi connectivity index (χ4n) is 3.62. The number of amides is 1. The number of nitrogens with zero attached hydrogens (tertiary/aromatic N) is 4. The molecule has 4 rings (SSSR count). The summed E-state index contributed by atoms with van der Waals surface area (Å²) in [6, 6.07) is 21.4. The van der Waals surface area contributed by atoms with Crippen molar-refractivity contribution in [2.45, 2.75) is 0 Å². The Balaban J connectivity index is 1.25. The highest BCUT2D eigenvalue weighted by molar-refractivity contribution is 6.29. The number of benzene rings is 2. The molecule has 1 N–H and O–H groups in total. The van der Waals surface area contributed by atoms with Crippen LogP contribution in [-0.2, 0) is 4.79 Å². The number of hydrogen-bond donors (Lipinski definition) is 1. The Morgan fingerprint density at radius 2 is 1.59 bits per heavy atom. The molecule has 0 unspecified atom stereocenters. The molecule has 6 nitrogen and oxygen atoms in total. The zero-order valence-corrected chi connectivity index (χ0v) is 18.6. The molecule has 0 saturated carbocycles. The van der Waals surface area contributed by atoms with Crippen LogP contribution >= 0.6 is 11.6 Å². The number of anilines is 1. The first-order valence-corrected chi connectivity index (χ1v) is 11.1. The molecule has 2 heterocycles. The van der Waals surface area contributed by atoms with Gasteiger partial charge in [-0.05, 0) is 5.56 Å². The van der Waals surface area contributed by atoms with Crippen molar-refractivity contribution in [1.29, 1.82) is 0 Å². The van der Waals surface area contributed by atoms with Crippen molar-refractivity contribution in [3.8, 4) is 11.4 Å². The lowest BCUT2D eigenvalue weighted by Gasteiger charge is -2.33. The van der Waals surface area contributed by atoms with E-state index in [0.29, 0.717) is 23.3 Å². The van der Waals surface area contributed by atoms with Crippen molar-refractivity contribution in [2.24, 2.45) is 0 Å². The van der Waals surface area contributed by atoms with Gasteiger partial charge in [-0.25, -0.2) is 9.97 Å². The van der Waals surface area contributed by atoms with Gasteiger partial charge in [0.2, 0.25) is 5.91 Å². The predicted molar refractivity (Wildman–Crippen MR) is 129 cm³/mol. The summed E-state index contributed by atoms with van der Waals surface area (Å²) in [4.78, 5) is 25.8. The van der Waals surface area contributed by atoms with Crippen LogP contribution in [0.3, 0.4) is 0 Å². The molecule has 0 spiro atoms. The monoisotopic (exact) mass is 447 g/mol. The zero-order valence-electron chi connectivity index (χ0n) is 17.8. The topological polar surface area (TPSA) is 61.4 Å². The second-order valence-electron chi connectivity index (χ2n) is 7.70. The van der Waals surface area contributed by atoms with Gasteiger partial charge in [0, 0.05) is 44.4 Å². The van der Waals surface area contributed by atoms with Crippen molar-refractivity contribution in [3.05, 3.63) is 83.5 Å².